The summed E-state index contributed by atoms with van der Waals surface area (Å²) in [6.45, 7) is 12.1. The Morgan fingerprint density at radius 3 is 1.81 bits per heavy atom. The fourth-order valence-corrected chi connectivity index (χ4v) is 1.41. The normalized spacial score (nSPS) is 11.3. The van der Waals surface area contributed by atoms with Gasteiger partial charge in [-0.25, -0.2) is 4.79 Å². The maximum absolute atomic E-state index is 12.0. The van der Waals surface area contributed by atoms with Crippen LogP contribution < -0.4 is 5.32 Å². The zero-order chi connectivity index (χ0) is 12.6. The molecule has 16 heavy (non-hydrogen) atoms. The molecule has 3 heteroatoms. The molecule has 3 nitrogen and oxygen atoms in total. The van der Waals surface area contributed by atoms with Crippen LogP contribution in [0.5, 0.6) is 0 Å². The van der Waals surface area contributed by atoms with Gasteiger partial charge in [0.1, 0.15) is 0 Å². The van der Waals surface area contributed by atoms with E-state index in [2.05, 4.69) is 19.2 Å². The molecule has 0 bridgehead atoms. The molecule has 96 valence electrons. The van der Waals surface area contributed by atoms with Gasteiger partial charge in [-0.2, -0.15) is 0 Å². The monoisotopic (exact) mass is 228 g/mol. The van der Waals surface area contributed by atoms with Crippen LogP contribution >= 0.6 is 0 Å². The van der Waals surface area contributed by atoms with Crippen molar-refractivity contribution in [3.8, 4) is 0 Å². The zero-order valence-electron chi connectivity index (χ0n) is 11.6. The molecule has 0 heterocycles. The summed E-state index contributed by atoms with van der Waals surface area (Å²) >= 11 is 0. The lowest BCUT2D eigenvalue weighted by Gasteiger charge is -2.28. The Hall–Kier alpha value is -0.730. The van der Waals surface area contributed by atoms with Crippen LogP contribution in [0.3, 0.4) is 0 Å². The van der Waals surface area contributed by atoms with Gasteiger partial charge < -0.3 is 10.2 Å². The fourth-order valence-electron chi connectivity index (χ4n) is 1.41. The zero-order valence-corrected chi connectivity index (χ0v) is 11.6. The number of urea groups is 1. The Morgan fingerprint density at radius 2 is 1.50 bits per heavy atom. The second kappa shape index (κ2) is 7.53. The van der Waals surface area contributed by atoms with Crippen LogP contribution in [0, 0.1) is 0 Å². The maximum Gasteiger partial charge on any atom is 0.317 e. The first-order valence-corrected chi connectivity index (χ1v) is 6.47. The number of nitrogens with zero attached hydrogens (tertiary/aromatic N) is 1. The molecule has 2 amide bonds. The molecule has 0 unspecified atom stereocenters. The standard InChI is InChI=1S/C13H28N2O/c1-6-8-10-15(11-9-7-2)12(16)14-13(3,4)5/h6-11H2,1-5H3,(H,14,16). The molecule has 0 aromatic heterocycles. The molecule has 0 fully saturated rings. The molecule has 1 N–H and O–H groups in total. The van der Waals surface area contributed by atoms with Crippen LogP contribution in [-0.2, 0) is 0 Å². The van der Waals surface area contributed by atoms with Crippen LogP contribution in [0.1, 0.15) is 60.3 Å². The van der Waals surface area contributed by atoms with Crippen LogP contribution in [0.2, 0.25) is 0 Å². The predicted molar refractivity (Wildman–Crippen MR) is 69.7 cm³/mol. The minimum Gasteiger partial charge on any atom is -0.333 e. The van der Waals surface area contributed by atoms with Crippen molar-refractivity contribution < 1.29 is 4.79 Å². The van der Waals surface area contributed by atoms with Crippen molar-refractivity contribution in [1.82, 2.24) is 10.2 Å². The number of hydrogen-bond acceptors (Lipinski definition) is 1. The molecular weight excluding hydrogens is 200 g/mol. The van der Waals surface area contributed by atoms with E-state index in [-0.39, 0.29) is 11.6 Å². The Morgan fingerprint density at radius 1 is 1.06 bits per heavy atom. The van der Waals surface area contributed by atoms with E-state index < -0.39 is 0 Å². The molecule has 0 aromatic carbocycles. The molecule has 0 aliphatic rings. The number of carbonyl (C=O) groups excluding carboxylic acids is 1. The van der Waals surface area contributed by atoms with Gasteiger partial charge in [-0.05, 0) is 33.6 Å². The highest BCUT2D eigenvalue weighted by atomic mass is 16.2. The first-order chi connectivity index (χ1) is 7.40. The summed E-state index contributed by atoms with van der Waals surface area (Å²) in [5.41, 5.74) is -0.145. The van der Waals surface area contributed by atoms with Gasteiger partial charge in [0.25, 0.3) is 0 Å². The highest BCUT2D eigenvalue weighted by Crippen LogP contribution is 2.04. The van der Waals surface area contributed by atoms with Crippen molar-refractivity contribution in [2.75, 3.05) is 13.1 Å². The van der Waals surface area contributed by atoms with Crippen molar-refractivity contribution in [3.63, 3.8) is 0 Å². The number of hydrogen-bond donors (Lipinski definition) is 1. The second-order valence-electron chi connectivity index (χ2n) is 5.37. The minimum atomic E-state index is -0.145. The van der Waals surface area contributed by atoms with Gasteiger partial charge in [0.15, 0.2) is 0 Å². The first-order valence-electron chi connectivity index (χ1n) is 6.47. The maximum atomic E-state index is 12.0. The van der Waals surface area contributed by atoms with E-state index >= 15 is 0 Å². The average Bonchev–Trinajstić information content (AvgIpc) is 2.15. The Kier molecular flexibility index (Phi) is 7.18. The summed E-state index contributed by atoms with van der Waals surface area (Å²) in [5.74, 6) is 0. The molecule has 0 aliphatic heterocycles. The van der Waals surface area contributed by atoms with Crippen LogP contribution in [0.15, 0.2) is 0 Å². The third kappa shape index (κ3) is 7.55. The Labute approximate surface area is 101 Å². The SMILES string of the molecule is CCCCN(CCCC)C(=O)NC(C)(C)C. The molecule has 0 aromatic rings. The van der Waals surface area contributed by atoms with Crippen molar-refractivity contribution in [2.24, 2.45) is 0 Å². The minimum absolute atomic E-state index is 0.0781. The van der Waals surface area contributed by atoms with Gasteiger partial charge in [0, 0.05) is 18.6 Å². The molecule has 0 radical (unpaired) electrons. The molecule has 0 aliphatic carbocycles. The Balaban J connectivity index is 4.19. The van der Waals surface area contributed by atoms with Crippen LogP contribution in [-0.4, -0.2) is 29.6 Å². The van der Waals surface area contributed by atoms with E-state index in [9.17, 15) is 4.79 Å². The van der Waals surface area contributed by atoms with E-state index in [0.717, 1.165) is 38.8 Å². The Bertz CT molecular complexity index is 189. The lowest BCUT2D eigenvalue weighted by molar-refractivity contribution is 0.187. The molecular formula is C13H28N2O. The molecule has 0 atom stereocenters. The van der Waals surface area contributed by atoms with Gasteiger partial charge >= 0.3 is 6.03 Å². The third-order valence-electron chi connectivity index (χ3n) is 2.33. The van der Waals surface area contributed by atoms with Crippen LogP contribution in [0.25, 0.3) is 0 Å². The van der Waals surface area contributed by atoms with E-state index in [1.165, 1.54) is 0 Å². The van der Waals surface area contributed by atoms with Crippen molar-refractivity contribution in [2.45, 2.75) is 65.8 Å². The smallest absolute Gasteiger partial charge is 0.317 e. The second-order valence-corrected chi connectivity index (χ2v) is 5.37. The van der Waals surface area contributed by atoms with Crippen LogP contribution in [0.4, 0.5) is 4.79 Å². The largest absolute Gasteiger partial charge is 0.333 e. The number of carbonyl (C=O) groups is 1. The molecule has 0 rings (SSSR count). The average molecular weight is 228 g/mol. The molecule has 0 saturated carbocycles. The topological polar surface area (TPSA) is 32.3 Å². The van der Waals surface area contributed by atoms with E-state index in [0.29, 0.717) is 0 Å². The summed E-state index contributed by atoms with van der Waals surface area (Å²) in [7, 11) is 0. The van der Waals surface area contributed by atoms with Gasteiger partial charge in [-0.3, -0.25) is 0 Å². The number of nitrogens with one attached hydrogen (secondary N) is 1. The third-order valence-corrected chi connectivity index (χ3v) is 2.33. The molecule has 0 saturated heterocycles. The van der Waals surface area contributed by atoms with Gasteiger partial charge in [-0.1, -0.05) is 26.7 Å². The predicted octanol–water partition coefficient (Wildman–Crippen LogP) is 3.40. The summed E-state index contributed by atoms with van der Waals surface area (Å²) < 4.78 is 0. The lowest BCUT2D eigenvalue weighted by atomic mass is 10.1. The fraction of sp³-hybridized carbons (Fsp3) is 0.923. The summed E-state index contributed by atoms with van der Waals surface area (Å²) in [4.78, 5) is 13.9. The summed E-state index contributed by atoms with van der Waals surface area (Å²) in [5, 5.41) is 3.02. The van der Waals surface area contributed by atoms with Gasteiger partial charge in [0.2, 0.25) is 0 Å². The highest BCUT2D eigenvalue weighted by Gasteiger charge is 2.18. The van der Waals surface area contributed by atoms with Gasteiger partial charge in [-0.15, -0.1) is 0 Å². The van der Waals surface area contributed by atoms with Crippen molar-refractivity contribution in [1.29, 1.82) is 0 Å². The molecule has 0 spiro atoms. The van der Waals surface area contributed by atoms with E-state index in [1.54, 1.807) is 0 Å². The number of unbranched alkanes of at least 4 members (excludes halogenated alkanes) is 2. The summed E-state index contributed by atoms with van der Waals surface area (Å²) in [6.07, 6.45) is 4.43. The van der Waals surface area contributed by atoms with Crippen molar-refractivity contribution in [3.05, 3.63) is 0 Å². The van der Waals surface area contributed by atoms with E-state index in [1.807, 2.05) is 25.7 Å². The quantitative estimate of drug-likeness (QED) is 0.742. The number of amides is 2. The number of rotatable bonds is 6. The first kappa shape index (κ1) is 15.3. The van der Waals surface area contributed by atoms with E-state index in [4.69, 9.17) is 0 Å². The lowest BCUT2D eigenvalue weighted by Crippen LogP contribution is -2.49. The highest BCUT2D eigenvalue weighted by molar-refractivity contribution is 5.74. The summed E-state index contributed by atoms with van der Waals surface area (Å²) in [6, 6.07) is 0.0781. The van der Waals surface area contributed by atoms with Gasteiger partial charge in [0.05, 0.1) is 0 Å². The van der Waals surface area contributed by atoms with Crippen molar-refractivity contribution >= 4 is 6.03 Å².